The van der Waals surface area contributed by atoms with Crippen LogP contribution in [0, 0.1) is 5.82 Å². The van der Waals surface area contributed by atoms with Crippen LogP contribution in [0.2, 0.25) is 0 Å². The van der Waals surface area contributed by atoms with Crippen LogP contribution in [0.4, 0.5) is 4.39 Å². The van der Waals surface area contributed by atoms with Crippen LogP contribution in [0.3, 0.4) is 0 Å². The molecule has 20 heavy (non-hydrogen) atoms. The van der Waals surface area contributed by atoms with E-state index in [1.807, 2.05) is 24.3 Å². The van der Waals surface area contributed by atoms with Crippen molar-refractivity contribution in [3.05, 3.63) is 63.9 Å². The molecular formula is C16H15BrFNO. The van der Waals surface area contributed by atoms with Crippen LogP contribution in [-0.2, 0) is 6.54 Å². The fourth-order valence-corrected chi connectivity index (χ4v) is 2.80. The lowest BCUT2D eigenvalue weighted by atomic mass is 10.0. The van der Waals surface area contributed by atoms with E-state index in [4.69, 9.17) is 4.74 Å². The van der Waals surface area contributed by atoms with Gasteiger partial charge in [-0.3, -0.25) is 0 Å². The third-order valence-corrected chi connectivity index (χ3v) is 3.97. The van der Waals surface area contributed by atoms with Gasteiger partial charge in [-0.2, -0.15) is 0 Å². The van der Waals surface area contributed by atoms with Crippen molar-refractivity contribution in [3.8, 4) is 5.75 Å². The van der Waals surface area contributed by atoms with Crippen LogP contribution in [0.15, 0.2) is 46.9 Å². The monoisotopic (exact) mass is 335 g/mol. The average molecular weight is 336 g/mol. The Morgan fingerprint density at radius 3 is 2.80 bits per heavy atom. The fraction of sp³-hybridized carbons (Fsp3) is 0.250. The first-order valence-corrected chi connectivity index (χ1v) is 7.42. The Morgan fingerprint density at radius 2 is 2.00 bits per heavy atom. The highest BCUT2D eigenvalue weighted by Gasteiger charge is 2.21. The third-order valence-electron chi connectivity index (χ3n) is 3.48. The summed E-state index contributed by atoms with van der Waals surface area (Å²) < 4.78 is 19.6. The largest absolute Gasteiger partial charge is 0.493 e. The lowest BCUT2D eigenvalue weighted by Crippen LogP contribution is -2.26. The van der Waals surface area contributed by atoms with Gasteiger partial charge in [0.15, 0.2) is 0 Å². The summed E-state index contributed by atoms with van der Waals surface area (Å²) in [6.45, 7) is 1.44. The molecule has 0 spiro atoms. The molecule has 1 unspecified atom stereocenters. The first-order valence-electron chi connectivity index (χ1n) is 6.62. The Labute approximate surface area is 126 Å². The maximum atomic E-state index is 12.9. The van der Waals surface area contributed by atoms with Crippen molar-refractivity contribution in [2.75, 3.05) is 6.61 Å². The minimum absolute atomic E-state index is 0.200. The molecule has 3 rings (SSSR count). The first-order chi connectivity index (χ1) is 9.72. The minimum atomic E-state index is -0.200. The van der Waals surface area contributed by atoms with Crippen LogP contribution in [0.25, 0.3) is 0 Å². The van der Waals surface area contributed by atoms with Gasteiger partial charge in [-0.15, -0.1) is 0 Å². The van der Waals surface area contributed by atoms with Gasteiger partial charge < -0.3 is 10.1 Å². The molecule has 0 fully saturated rings. The van der Waals surface area contributed by atoms with Crippen molar-refractivity contribution < 1.29 is 9.13 Å². The third kappa shape index (κ3) is 3.02. The molecule has 0 bridgehead atoms. The Bertz CT molecular complexity index is 600. The number of fused-ring (bicyclic) bond motifs is 1. The normalized spacial score (nSPS) is 17.4. The van der Waals surface area contributed by atoms with Crippen molar-refractivity contribution in [2.24, 2.45) is 0 Å². The smallest absolute Gasteiger partial charge is 0.124 e. The van der Waals surface area contributed by atoms with Gasteiger partial charge in [-0.25, -0.2) is 4.39 Å². The van der Waals surface area contributed by atoms with Crippen LogP contribution >= 0.6 is 15.9 Å². The zero-order valence-corrected chi connectivity index (χ0v) is 12.5. The van der Waals surface area contributed by atoms with Crippen LogP contribution in [0.5, 0.6) is 5.75 Å². The summed E-state index contributed by atoms with van der Waals surface area (Å²) in [5.41, 5.74) is 2.25. The fourth-order valence-electron chi connectivity index (χ4n) is 2.42. The quantitative estimate of drug-likeness (QED) is 0.907. The summed E-state index contributed by atoms with van der Waals surface area (Å²) in [7, 11) is 0. The Hall–Kier alpha value is -1.39. The maximum absolute atomic E-state index is 12.9. The van der Waals surface area contributed by atoms with Crippen LogP contribution in [0.1, 0.15) is 23.6 Å². The molecule has 0 amide bonds. The molecule has 2 nitrogen and oxygen atoms in total. The van der Waals surface area contributed by atoms with Gasteiger partial charge >= 0.3 is 0 Å². The standard InChI is InChI=1S/C16H15BrFNO/c17-12-3-6-16-14(9-12)15(7-8-20-16)19-10-11-1-4-13(18)5-2-11/h1-6,9,15,19H,7-8,10H2. The molecule has 0 aromatic heterocycles. The van der Waals surface area contributed by atoms with Crippen LogP contribution < -0.4 is 10.1 Å². The van der Waals surface area contributed by atoms with Gasteiger partial charge in [0.25, 0.3) is 0 Å². The van der Waals surface area contributed by atoms with E-state index < -0.39 is 0 Å². The minimum Gasteiger partial charge on any atom is -0.493 e. The van der Waals surface area contributed by atoms with E-state index in [0.29, 0.717) is 0 Å². The molecule has 2 aromatic carbocycles. The van der Waals surface area contributed by atoms with Crippen molar-refractivity contribution in [1.29, 1.82) is 0 Å². The lowest BCUT2D eigenvalue weighted by molar-refractivity contribution is 0.252. The Kier molecular flexibility index (Phi) is 4.03. The second-order valence-electron chi connectivity index (χ2n) is 4.88. The van der Waals surface area contributed by atoms with E-state index in [-0.39, 0.29) is 11.9 Å². The van der Waals surface area contributed by atoms with E-state index in [1.165, 1.54) is 17.7 Å². The number of rotatable bonds is 3. The molecule has 0 aliphatic carbocycles. The van der Waals surface area contributed by atoms with E-state index in [1.54, 1.807) is 0 Å². The van der Waals surface area contributed by atoms with E-state index in [2.05, 4.69) is 27.3 Å². The summed E-state index contributed by atoms with van der Waals surface area (Å²) in [6.07, 6.45) is 0.935. The van der Waals surface area contributed by atoms with Gasteiger partial charge in [0, 0.05) is 29.0 Å². The van der Waals surface area contributed by atoms with Crippen molar-refractivity contribution in [2.45, 2.75) is 19.0 Å². The molecule has 0 saturated heterocycles. The SMILES string of the molecule is Fc1ccc(CNC2CCOc3ccc(Br)cc32)cc1. The molecule has 1 aliphatic heterocycles. The molecule has 0 radical (unpaired) electrons. The molecule has 1 heterocycles. The van der Waals surface area contributed by atoms with Crippen molar-refractivity contribution >= 4 is 15.9 Å². The van der Waals surface area contributed by atoms with Gasteiger partial charge in [0.1, 0.15) is 11.6 Å². The summed E-state index contributed by atoms with van der Waals surface area (Å²) in [5.74, 6) is 0.741. The molecular weight excluding hydrogens is 321 g/mol. The first kappa shape index (κ1) is 13.6. The molecule has 1 aliphatic rings. The topological polar surface area (TPSA) is 21.3 Å². The number of hydrogen-bond acceptors (Lipinski definition) is 2. The summed E-state index contributed by atoms with van der Waals surface area (Å²) in [4.78, 5) is 0. The Morgan fingerprint density at radius 1 is 1.20 bits per heavy atom. The number of halogens is 2. The lowest BCUT2D eigenvalue weighted by Gasteiger charge is -2.27. The predicted molar refractivity (Wildman–Crippen MR) is 80.2 cm³/mol. The number of nitrogens with one attached hydrogen (secondary N) is 1. The second-order valence-corrected chi connectivity index (χ2v) is 5.79. The van der Waals surface area contributed by atoms with E-state index >= 15 is 0 Å². The summed E-state index contributed by atoms with van der Waals surface area (Å²) in [6, 6.07) is 12.9. The molecule has 2 aromatic rings. The van der Waals surface area contributed by atoms with Crippen molar-refractivity contribution in [3.63, 3.8) is 0 Å². The summed E-state index contributed by atoms with van der Waals surface area (Å²) in [5, 5.41) is 3.52. The summed E-state index contributed by atoms with van der Waals surface area (Å²) >= 11 is 3.50. The number of hydrogen-bond donors (Lipinski definition) is 1. The highest BCUT2D eigenvalue weighted by atomic mass is 79.9. The van der Waals surface area contributed by atoms with Gasteiger partial charge in [0.2, 0.25) is 0 Å². The van der Waals surface area contributed by atoms with Gasteiger partial charge in [-0.1, -0.05) is 28.1 Å². The molecule has 104 valence electrons. The van der Waals surface area contributed by atoms with Crippen LogP contribution in [-0.4, -0.2) is 6.61 Å². The van der Waals surface area contributed by atoms with Crippen molar-refractivity contribution in [1.82, 2.24) is 5.32 Å². The van der Waals surface area contributed by atoms with Gasteiger partial charge in [-0.05, 0) is 35.9 Å². The molecule has 1 N–H and O–H groups in total. The zero-order chi connectivity index (χ0) is 13.9. The molecule has 1 atom stereocenters. The van der Waals surface area contributed by atoms with E-state index in [9.17, 15) is 4.39 Å². The molecule has 0 saturated carbocycles. The predicted octanol–water partition coefficient (Wildman–Crippen LogP) is 4.20. The number of benzene rings is 2. The maximum Gasteiger partial charge on any atom is 0.124 e. The average Bonchev–Trinajstić information content (AvgIpc) is 2.47. The number of ether oxygens (including phenoxy) is 1. The van der Waals surface area contributed by atoms with Gasteiger partial charge in [0.05, 0.1) is 6.61 Å². The highest BCUT2D eigenvalue weighted by Crippen LogP contribution is 2.34. The zero-order valence-electron chi connectivity index (χ0n) is 10.9. The molecule has 4 heteroatoms. The second kappa shape index (κ2) is 5.94. The highest BCUT2D eigenvalue weighted by molar-refractivity contribution is 9.10. The Balaban J connectivity index is 1.73. The van der Waals surface area contributed by atoms with E-state index in [0.717, 1.165) is 35.4 Å².